The summed E-state index contributed by atoms with van der Waals surface area (Å²) in [4.78, 5) is 45.4. The highest BCUT2D eigenvalue weighted by atomic mass is 19.4. The van der Waals surface area contributed by atoms with Crippen molar-refractivity contribution in [2.45, 2.75) is 6.18 Å². The molecule has 0 aliphatic carbocycles. The van der Waals surface area contributed by atoms with Crippen molar-refractivity contribution in [1.29, 1.82) is 0 Å². The maximum absolute atomic E-state index is 13.0. The number of aromatic amines is 1. The Labute approximate surface area is 256 Å². The van der Waals surface area contributed by atoms with Crippen molar-refractivity contribution < 1.29 is 32.3 Å². The predicted molar refractivity (Wildman–Crippen MR) is 163 cm³/mol. The molecule has 45 heavy (non-hydrogen) atoms. The Morgan fingerprint density at radius 1 is 0.911 bits per heavy atom. The zero-order valence-electron chi connectivity index (χ0n) is 24.1. The SMILES string of the molecule is CN1CCN(C(=O)c2c[nH]c(C=C3C(=O)Nc4cc(Oc5cccc(NC(=O)c6cccc(C(F)(F)F)c6)c5)ccc43)c2)CC1. The summed E-state index contributed by atoms with van der Waals surface area (Å²) in [5, 5.41) is 5.42. The van der Waals surface area contributed by atoms with Crippen LogP contribution in [0.1, 0.15) is 37.5 Å². The van der Waals surface area contributed by atoms with Crippen molar-refractivity contribution in [1.82, 2.24) is 14.8 Å². The van der Waals surface area contributed by atoms with Crippen LogP contribution in [0.15, 0.2) is 79.0 Å². The number of ether oxygens (including phenoxy) is 1. The fraction of sp³-hybridized carbons (Fsp3) is 0.182. The molecule has 0 bridgehead atoms. The number of nitrogens with one attached hydrogen (secondary N) is 3. The van der Waals surface area contributed by atoms with Crippen LogP contribution in [-0.4, -0.2) is 65.7 Å². The smallest absolute Gasteiger partial charge is 0.416 e. The third-order valence-corrected chi connectivity index (χ3v) is 7.60. The lowest BCUT2D eigenvalue weighted by atomic mass is 10.1. The van der Waals surface area contributed by atoms with Gasteiger partial charge in [-0.15, -0.1) is 0 Å². The first-order valence-electron chi connectivity index (χ1n) is 14.1. The van der Waals surface area contributed by atoms with Gasteiger partial charge in [0.1, 0.15) is 11.5 Å². The normalized spacial score (nSPS) is 16.0. The molecule has 0 spiro atoms. The summed E-state index contributed by atoms with van der Waals surface area (Å²) >= 11 is 0. The number of likely N-dealkylation sites (N-methyl/N-ethyl adjacent to an activating group) is 1. The van der Waals surface area contributed by atoms with Gasteiger partial charge in [-0.25, -0.2) is 0 Å². The number of anilines is 2. The van der Waals surface area contributed by atoms with Crippen molar-refractivity contribution in [3.8, 4) is 11.5 Å². The van der Waals surface area contributed by atoms with Gasteiger partial charge in [0.2, 0.25) is 0 Å². The zero-order valence-corrected chi connectivity index (χ0v) is 24.1. The van der Waals surface area contributed by atoms with E-state index in [2.05, 4.69) is 20.5 Å². The van der Waals surface area contributed by atoms with Gasteiger partial charge < -0.3 is 30.2 Å². The molecule has 2 aliphatic heterocycles. The number of rotatable bonds is 6. The van der Waals surface area contributed by atoms with Crippen molar-refractivity contribution in [3.05, 3.63) is 107 Å². The number of piperazine rings is 1. The van der Waals surface area contributed by atoms with E-state index in [1.807, 2.05) is 11.9 Å². The third kappa shape index (κ3) is 6.60. The maximum atomic E-state index is 13.0. The number of aromatic nitrogens is 1. The van der Waals surface area contributed by atoms with Gasteiger partial charge in [-0.3, -0.25) is 14.4 Å². The van der Waals surface area contributed by atoms with E-state index in [1.165, 1.54) is 18.2 Å². The Hall–Kier alpha value is -5.36. The van der Waals surface area contributed by atoms with E-state index in [9.17, 15) is 27.6 Å². The first-order chi connectivity index (χ1) is 21.5. The van der Waals surface area contributed by atoms with Crippen LogP contribution in [0, 0.1) is 0 Å². The van der Waals surface area contributed by atoms with Gasteiger partial charge in [0, 0.05) is 67.0 Å². The van der Waals surface area contributed by atoms with Crippen LogP contribution in [0.2, 0.25) is 0 Å². The van der Waals surface area contributed by atoms with Gasteiger partial charge in [-0.2, -0.15) is 13.2 Å². The summed E-state index contributed by atoms with van der Waals surface area (Å²) in [6, 6.07) is 17.4. The molecule has 0 atom stereocenters. The minimum Gasteiger partial charge on any atom is -0.457 e. The molecule has 3 amide bonds. The van der Waals surface area contributed by atoms with E-state index in [-0.39, 0.29) is 17.4 Å². The lowest BCUT2D eigenvalue weighted by Crippen LogP contribution is -2.47. The summed E-state index contributed by atoms with van der Waals surface area (Å²) in [5.74, 6) is -0.280. The molecule has 3 N–H and O–H groups in total. The van der Waals surface area contributed by atoms with Crippen LogP contribution in [-0.2, 0) is 11.0 Å². The van der Waals surface area contributed by atoms with E-state index >= 15 is 0 Å². The topological polar surface area (TPSA) is 107 Å². The van der Waals surface area contributed by atoms with Crippen LogP contribution in [0.5, 0.6) is 11.5 Å². The summed E-state index contributed by atoms with van der Waals surface area (Å²) in [7, 11) is 2.03. The number of hydrogen-bond donors (Lipinski definition) is 3. The molecule has 12 heteroatoms. The van der Waals surface area contributed by atoms with Gasteiger partial charge in [-0.05, 0) is 61.7 Å². The molecule has 3 aromatic carbocycles. The lowest BCUT2D eigenvalue weighted by Gasteiger charge is -2.32. The highest BCUT2D eigenvalue weighted by Crippen LogP contribution is 2.37. The lowest BCUT2D eigenvalue weighted by molar-refractivity contribution is -0.137. The Balaban J connectivity index is 1.13. The summed E-state index contributed by atoms with van der Waals surface area (Å²) in [6.07, 6.45) is -1.22. The fourth-order valence-corrected chi connectivity index (χ4v) is 5.16. The van der Waals surface area contributed by atoms with Crippen LogP contribution >= 0.6 is 0 Å². The van der Waals surface area contributed by atoms with Gasteiger partial charge in [0.05, 0.1) is 22.4 Å². The van der Waals surface area contributed by atoms with Crippen molar-refractivity contribution in [2.24, 2.45) is 0 Å². The first-order valence-corrected chi connectivity index (χ1v) is 14.1. The van der Waals surface area contributed by atoms with Crippen LogP contribution < -0.4 is 15.4 Å². The Kier molecular flexibility index (Phi) is 7.90. The van der Waals surface area contributed by atoms with Crippen LogP contribution in [0.25, 0.3) is 11.6 Å². The molecule has 230 valence electrons. The standard InChI is InChI=1S/C33H28F3N5O4/c1-40-10-12-41(13-11-40)32(44)21-15-24(37-19-21)17-28-27-9-8-26(18-29(27)39-31(28)43)45-25-7-3-6-23(16-25)38-30(42)20-4-2-5-22(14-20)33(34,35)36/h2-9,14-19,37H,10-13H2,1H3,(H,38,42)(H,39,43). The number of hydrogen-bond acceptors (Lipinski definition) is 5. The number of alkyl halides is 3. The van der Waals surface area contributed by atoms with Gasteiger partial charge >= 0.3 is 6.18 Å². The maximum Gasteiger partial charge on any atom is 0.416 e. The summed E-state index contributed by atoms with van der Waals surface area (Å²) in [5.41, 5.74) is 2.06. The summed E-state index contributed by atoms with van der Waals surface area (Å²) in [6.45, 7) is 2.97. The molecule has 9 nitrogen and oxygen atoms in total. The van der Waals surface area contributed by atoms with Crippen molar-refractivity contribution in [3.63, 3.8) is 0 Å². The quantitative estimate of drug-likeness (QED) is 0.232. The second kappa shape index (κ2) is 12.0. The molecule has 0 saturated carbocycles. The second-order valence-corrected chi connectivity index (χ2v) is 10.8. The molecule has 6 rings (SSSR count). The fourth-order valence-electron chi connectivity index (χ4n) is 5.16. The predicted octanol–water partition coefficient (Wildman–Crippen LogP) is 5.96. The molecule has 0 radical (unpaired) electrons. The molecule has 1 saturated heterocycles. The number of fused-ring (bicyclic) bond motifs is 1. The molecule has 1 fully saturated rings. The van der Waals surface area contributed by atoms with Gasteiger partial charge in [0.25, 0.3) is 17.7 Å². The Morgan fingerprint density at radius 2 is 1.67 bits per heavy atom. The Bertz CT molecular complexity index is 1820. The van der Waals surface area contributed by atoms with Crippen LogP contribution in [0.3, 0.4) is 0 Å². The third-order valence-electron chi connectivity index (χ3n) is 7.60. The largest absolute Gasteiger partial charge is 0.457 e. The van der Waals surface area contributed by atoms with E-state index in [1.54, 1.807) is 54.7 Å². The molecule has 4 aromatic rings. The van der Waals surface area contributed by atoms with E-state index in [0.29, 0.717) is 58.4 Å². The van der Waals surface area contributed by atoms with Gasteiger partial charge in [-0.1, -0.05) is 12.1 Å². The van der Waals surface area contributed by atoms with E-state index < -0.39 is 17.6 Å². The van der Waals surface area contributed by atoms with Crippen LogP contribution in [0.4, 0.5) is 24.5 Å². The number of nitrogens with zero attached hydrogens (tertiary/aromatic N) is 2. The number of carbonyl (C=O) groups excluding carboxylic acids is 3. The average molecular weight is 616 g/mol. The zero-order chi connectivity index (χ0) is 31.7. The minimum absolute atomic E-state index is 0.0543. The van der Waals surface area contributed by atoms with Crippen molar-refractivity contribution >= 4 is 40.7 Å². The van der Waals surface area contributed by atoms with E-state index in [4.69, 9.17) is 4.74 Å². The molecule has 2 aliphatic rings. The van der Waals surface area contributed by atoms with Crippen molar-refractivity contribution in [2.75, 3.05) is 43.9 Å². The number of amides is 3. The van der Waals surface area contributed by atoms with Gasteiger partial charge in [0.15, 0.2) is 0 Å². The highest BCUT2D eigenvalue weighted by molar-refractivity contribution is 6.35. The monoisotopic (exact) mass is 615 g/mol. The Morgan fingerprint density at radius 3 is 2.44 bits per heavy atom. The van der Waals surface area contributed by atoms with E-state index in [0.717, 1.165) is 25.2 Å². The minimum atomic E-state index is -4.56. The summed E-state index contributed by atoms with van der Waals surface area (Å²) < 4.78 is 45.1. The molecule has 1 aromatic heterocycles. The number of halogens is 3. The second-order valence-electron chi connectivity index (χ2n) is 10.8. The first kappa shape index (κ1) is 29.7. The molecule has 0 unspecified atom stereocenters. The number of H-pyrrole nitrogens is 1. The number of carbonyl (C=O) groups is 3. The number of benzene rings is 3. The molecule has 3 heterocycles. The average Bonchev–Trinajstić information content (AvgIpc) is 3.61. The molecular formula is C33H28F3N5O4. The highest BCUT2D eigenvalue weighted by Gasteiger charge is 2.31. The molecular weight excluding hydrogens is 587 g/mol.